The van der Waals surface area contributed by atoms with Crippen LogP contribution in [0.2, 0.25) is 0 Å². The van der Waals surface area contributed by atoms with Gasteiger partial charge in [0.1, 0.15) is 5.60 Å². The summed E-state index contributed by atoms with van der Waals surface area (Å²) < 4.78 is 5.45. The Morgan fingerprint density at radius 2 is 1.87 bits per heavy atom. The monoisotopic (exact) mass is 211 g/mol. The third-order valence-corrected chi connectivity index (χ3v) is 3.57. The van der Waals surface area contributed by atoms with E-state index in [1.54, 1.807) is 0 Å². The summed E-state index contributed by atoms with van der Waals surface area (Å²) >= 11 is 0. The van der Waals surface area contributed by atoms with Crippen molar-refractivity contribution in [1.82, 2.24) is 4.90 Å². The van der Waals surface area contributed by atoms with E-state index in [4.69, 9.17) is 4.74 Å². The predicted octanol–water partition coefficient (Wildman–Crippen LogP) is 2.94. The summed E-state index contributed by atoms with van der Waals surface area (Å²) in [5.41, 5.74) is -0.303. The fraction of sp³-hybridized carbons (Fsp3) is 0.917. The maximum Gasteiger partial charge on any atom is 0.410 e. The van der Waals surface area contributed by atoms with Crippen molar-refractivity contribution in [2.45, 2.75) is 70.6 Å². The quantitative estimate of drug-likeness (QED) is 0.616. The van der Waals surface area contributed by atoms with Crippen molar-refractivity contribution in [3.8, 4) is 0 Å². The Labute approximate surface area is 91.8 Å². The van der Waals surface area contributed by atoms with Gasteiger partial charge in [-0.05, 0) is 53.4 Å². The molecule has 0 saturated carbocycles. The highest BCUT2D eigenvalue weighted by Crippen LogP contribution is 2.46. The average molecular weight is 211 g/mol. The van der Waals surface area contributed by atoms with Gasteiger partial charge in [0.15, 0.2) is 0 Å². The molecule has 0 unspecified atom stereocenters. The Morgan fingerprint density at radius 1 is 1.33 bits per heavy atom. The van der Waals surface area contributed by atoms with Gasteiger partial charge in [-0.25, -0.2) is 4.79 Å². The van der Waals surface area contributed by atoms with Gasteiger partial charge in [0, 0.05) is 11.6 Å². The van der Waals surface area contributed by atoms with Crippen molar-refractivity contribution in [3.63, 3.8) is 0 Å². The standard InChI is InChI=1S/C12H21NO2/c1-11(2,3)15-10(14)13-9-5-7-12(13,4)8-6-9/h9H,5-8H2,1-4H3/t9-,12+. The molecule has 0 aliphatic carbocycles. The average Bonchev–Trinajstić information content (AvgIpc) is 2.52. The Kier molecular flexibility index (Phi) is 2.25. The molecule has 2 aliphatic rings. The summed E-state index contributed by atoms with van der Waals surface area (Å²) in [6.45, 7) is 7.95. The fourth-order valence-electron chi connectivity index (χ4n) is 2.84. The van der Waals surface area contributed by atoms with Crippen LogP contribution in [-0.4, -0.2) is 28.2 Å². The molecule has 2 heterocycles. The van der Waals surface area contributed by atoms with Crippen LogP contribution in [0.3, 0.4) is 0 Å². The molecule has 0 radical (unpaired) electrons. The van der Waals surface area contributed by atoms with E-state index < -0.39 is 0 Å². The number of amides is 1. The van der Waals surface area contributed by atoms with Gasteiger partial charge in [-0.1, -0.05) is 0 Å². The van der Waals surface area contributed by atoms with Crippen LogP contribution in [0.5, 0.6) is 0 Å². The molecule has 2 aliphatic heterocycles. The maximum atomic E-state index is 12.0. The van der Waals surface area contributed by atoms with Gasteiger partial charge in [0.2, 0.25) is 0 Å². The number of hydrogen-bond acceptors (Lipinski definition) is 2. The summed E-state index contributed by atoms with van der Waals surface area (Å²) in [5.74, 6) is 0. The zero-order chi connectivity index (χ0) is 11.3. The second-order valence-corrected chi connectivity index (χ2v) is 6.08. The lowest BCUT2D eigenvalue weighted by Gasteiger charge is -2.33. The summed E-state index contributed by atoms with van der Waals surface area (Å²) in [6.07, 6.45) is 4.45. The Morgan fingerprint density at radius 3 is 2.20 bits per heavy atom. The maximum absolute atomic E-state index is 12.0. The first kappa shape index (κ1) is 10.8. The van der Waals surface area contributed by atoms with Crippen molar-refractivity contribution in [2.75, 3.05) is 0 Å². The Balaban J connectivity index is 2.09. The third-order valence-electron chi connectivity index (χ3n) is 3.57. The molecule has 0 aromatic heterocycles. The molecule has 2 fully saturated rings. The highest BCUT2D eigenvalue weighted by atomic mass is 16.6. The second kappa shape index (κ2) is 3.13. The van der Waals surface area contributed by atoms with E-state index in [1.807, 2.05) is 25.7 Å². The van der Waals surface area contributed by atoms with E-state index in [-0.39, 0.29) is 17.2 Å². The van der Waals surface area contributed by atoms with Gasteiger partial charge in [-0.3, -0.25) is 4.90 Å². The Hall–Kier alpha value is -0.730. The summed E-state index contributed by atoms with van der Waals surface area (Å²) in [7, 11) is 0. The molecule has 0 aromatic rings. The van der Waals surface area contributed by atoms with Crippen LogP contribution >= 0.6 is 0 Å². The van der Waals surface area contributed by atoms with E-state index in [2.05, 4.69) is 6.92 Å². The molecule has 3 nitrogen and oxygen atoms in total. The van der Waals surface area contributed by atoms with Crippen LogP contribution in [0.15, 0.2) is 0 Å². The first-order valence-electron chi connectivity index (χ1n) is 5.84. The number of carbonyl (C=O) groups is 1. The van der Waals surface area contributed by atoms with Gasteiger partial charge in [-0.2, -0.15) is 0 Å². The first-order valence-corrected chi connectivity index (χ1v) is 5.84. The van der Waals surface area contributed by atoms with Crippen LogP contribution in [0.25, 0.3) is 0 Å². The summed E-state index contributed by atoms with van der Waals surface area (Å²) in [6, 6.07) is 0.435. The second-order valence-electron chi connectivity index (χ2n) is 6.08. The van der Waals surface area contributed by atoms with Gasteiger partial charge in [0.25, 0.3) is 0 Å². The zero-order valence-electron chi connectivity index (χ0n) is 10.2. The van der Waals surface area contributed by atoms with E-state index in [9.17, 15) is 4.79 Å². The lowest BCUT2D eigenvalue weighted by molar-refractivity contribution is 0.0120. The largest absolute Gasteiger partial charge is 0.444 e. The van der Waals surface area contributed by atoms with E-state index in [1.165, 1.54) is 0 Å². The third kappa shape index (κ3) is 1.84. The van der Waals surface area contributed by atoms with Crippen LogP contribution in [0.1, 0.15) is 53.4 Å². The Bertz CT molecular complexity index is 272. The van der Waals surface area contributed by atoms with Crippen molar-refractivity contribution in [1.29, 1.82) is 0 Å². The minimum absolute atomic E-state index is 0.0764. The number of fused-ring (bicyclic) bond motifs is 2. The smallest absolute Gasteiger partial charge is 0.410 e. The number of rotatable bonds is 0. The minimum Gasteiger partial charge on any atom is -0.444 e. The molecule has 1 amide bonds. The first-order chi connectivity index (χ1) is 6.82. The van der Waals surface area contributed by atoms with Gasteiger partial charge in [0.05, 0.1) is 0 Å². The van der Waals surface area contributed by atoms with Crippen molar-refractivity contribution in [3.05, 3.63) is 0 Å². The highest BCUT2D eigenvalue weighted by Gasteiger charge is 2.51. The molecule has 2 bridgehead atoms. The van der Waals surface area contributed by atoms with Crippen LogP contribution in [0.4, 0.5) is 4.79 Å². The molecule has 2 rings (SSSR count). The highest BCUT2D eigenvalue weighted by molar-refractivity contribution is 5.70. The predicted molar refractivity (Wildman–Crippen MR) is 58.7 cm³/mol. The molecule has 0 atom stereocenters. The normalized spacial score (nSPS) is 34.7. The van der Waals surface area contributed by atoms with Gasteiger partial charge >= 0.3 is 6.09 Å². The minimum atomic E-state index is -0.379. The number of nitrogens with zero attached hydrogens (tertiary/aromatic N) is 1. The van der Waals surface area contributed by atoms with Crippen LogP contribution in [0, 0.1) is 0 Å². The molecule has 0 N–H and O–H groups in total. The summed E-state index contributed by atoms with van der Waals surface area (Å²) in [5, 5.41) is 0. The van der Waals surface area contributed by atoms with E-state index in [0.717, 1.165) is 25.7 Å². The number of ether oxygens (including phenoxy) is 1. The van der Waals surface area contributed by atoms with Crippen molar-refractivity contribution >= 4 is 6.09 Å². The summed E-state index contributed by atoms with van der Waals surface area (Å²) in [4.78, 5) is 14.0. The molecular formula is C12H21NO2. The lowest BCUT2D eigenvalue weighted by atomic mass is 9.90. The van der Waals surface area contributed by atoms with Gasteiger partial charge in [-0.15, -0.1) is 0 Å². The van der Waals surface area contributed by atoms with E-state index in [0.29, 0.717) is 6.04 Å². The SMILES string of the molecule is CC(C)(C)OC(=O)N1[C@H]2CC[C@]1(C)CC2. The number of carbonyl (C=O) groups excluding carboxylic acids is 1. The molecule has 2 saturated heterocycles. The van der Waals surface area contributed by atoms with Crippen molar-refractivity contribution in [2.24, 2.45) is 0 Å². The van der Waals surface area contributed by atoms with Crippen LogP contribution < -0.4 is 0 Å². The van der Waals surface area contributed by atoms with Crippen molar-refractivity contribution < 1.29 is 9.53 Å². The fourth-order valence-corrected chi connectivity index (χ4v) is 2.84. The van der Waals surface area contributed by atoms with Crippen LogP contribution in [-0.2, 0) is 4.74 Å². The molecule has 3 heteroatoms. The molecule has 0 aromatic carbocycles. The van der Waals surface area contributed by atoms with Gasteiger partial charge < -0.3 is 4.74 Å². The topological polar surface area (TPSA) is 29.5 Å². The lowest BCUT2D eigenvalue weighted by Crippen LogP contribution is -2.45. The molecule has 15 heavy (non-hydrogen) atoms. The number of hydrogen-bond donors (Lipinski definition) is 0. The molecule has 0 spiro atoms. The van der Waals surface area contributed by atoms with E-state index >= 15 is 0 Å². The zero-order valence-corrected chi connectivity index (χ0v) is 10.2. The molecular weight excluding hydrogens is 190 g/mol. The molecule has 86 valence electrons.